The lowest BCUT2D eigenvalue weighted by Crippen LogP contribution is -2.37. The van der Waals surface area contributed by atoms with Crippen molar-refractivity contribution < 1.29 is 31.9 Å². The third-order valence-corrected chi connectivity index (χ3v) is 5.82. The van der Waals surface area contributed by atoms with E-state index in [1.807, 2.05) is 6.07 Å². The quantitative estimate of drug-likeness (QED) is 0.270. The molecule has 198 valence electrons. The number of pyridine rings is 1. The lowest BCUT2D eigenvalue weighted by molar-refractivity contribution is -0.139. The summed E-state index contributed by atoms with van der Waals surface area (Å²) in [4.78, 5) is 24.7. The molecule has 0 fully saturated rings. The van der Waals surface area contributed by atoms with E-state index >= 15 is 0 Å². The highest BCUT2D eigenvalue weighted by Crippen LogP contribution is 2.28. The average molecular weight is 517 g/mol. The second kappa shape index (κ2) is 12.7. The normalized spacial score (nSPS) is 14.4. The van der Waals surface area contributed by atoms with Crippen molar-refractivity contribution in [2.75, 3.05) is 36.8 Å². The first-order chi connectivity index (χ1) is 17.1. The second-order valence-corrected chi connectivity index (χ2v) is 8.61. The number of fused-ring (bicyclic) bond motifs is 1. The molecule has 3 N–H and O–H groups in total. The minimum absolute atomic E-state index is 0.0515. The lowest BCUT2D eigenvalue weighted by Gasteiger charge is -2.24. The molecule has 0 bridgehead atoms. The topological polar surface area (TPSA) is 103 Å². The summed E-state index contributed by atoms with van der Waals surface area (Å²) in [7, 11) is 0. The molecule has 13 heteroatoms. The SMILES string of the molecule is O=C(O)C(CCN(CCCCc1ccc2c(n1)NCCC2)CC(F)F)Nc1ncc(C(F)(F)F)cn1. The number of aryl methyl sites for hydroxylation is 2. The number of carboxylic acid groups (broad SMARTS) is 1. The highest BCUT2D eigenvalue weighted by atomic mass is 19.4. The first kappa shape index (κ1) is 27.5. The molecule has 0 saturated heterocycles. The molecule has 2 aromatic heterocycles. The van der Waals surface area contributed by atoms with E-state index in [1.165, 1.54) is 10.5 Å². The number of unbranched alkanes of at least 4 members (excludes halogenated alkanes) is 1. The molecule has 1 atom stereocenters. The zero-order valence-electron chi connectivity index (χ0n) is 19.6. The van der Waals surface area contributed by atoms with Crippen molar-refractivity contribution in [3.05, 3.63) is 41.3 Å². The lowest BCUT2D eigenvalue weighted by atomic mass is 10.1. The van der Waals surface area contributed by atoms with Gasteiger partial charge in [0.1, 0.15) is 11.9 Å². The molecule has 0 amide bonds. The van der Waals surface area contributed by atoms with Gasteiger partial charge >= 0.3 is 12.1 Å². The predicted octanol–water partition coefficient (Wildman–Crippen LogP) is 4.09. The van der Waals surface area contributed by atoms with Gasteiger partial charge in [-0.15, -0.1) is 0 Å². The molecule has 36 heavy (non-hydrogen) atoms. The Morgan fingerprint density at radius 2 is 1.92 bits per heavy atom. The Kier molecular flexibility index (Phi) is 9.73. The Balaban J connectivity index is 1.49. The van der Waals surface area contributed by atoms with Gasteiger partial charge in [-0.3, -0.25) is 4.90 Å². The summed E-state index contributed by atoms with van der Waals surface area (Å²) in [5.41, 5.74) is 1.05. The molecule has 3 rings (SSSR count). The second-order valence-electron chi connectivity index (χ2n) is 8.61. The van der Waals surface area contributed by atoms with Gasteiger partial charge in [-0.05, 0) is 56.7 Å². The summed E-state index contributed by atoms with van der Waals surface area (Å²) in [5.74, 6) is -0.673. The van der Waals surface area contributed by atoms with E-state index in [-0.39, 0.29) is 18.9 Å². The van der Waals surface area contributed by atoms with Gasteiger partial charge in [0, 0.05) is 31.2 Å². The molecule has 0 aliphatic carbocycles. The molecule has 0 spiro atoms. The molecule has 1 unspecified atom stereocenters. The summed E-state index contributed by atoms with van der Waals surface area (Å²) >= 11 is 0. The fourth-order valence-corrected chi connectivity index (χ4v) is 3.91. The van der Waals surface area contributed by atoms with Crippen LogP contribution in [0.3, 0.4) is 0 Å². The van der Waals surface area contributed by atoms with E-state index in [4.69, 9.17) is 0 Å². The van der Waals surface area contributed by atoms with Crippen LogP contribution in [0.25, 0.3) is 0 Å². The number of aromatic nitrogens is 3. The number of hydrogen-bond acceptors (Lipinski definition) is 7. The standard InChI is InChI=1S/C23H29F5N6O2/c24-19(25)14-34(10-2-1-5-17-7-6-15-4-3-9-29-20(15)32-17)11-8-18(21(35)36)33-22-30-12-16(13-31-22)23(26,27)28/h6-7,12-13,18-19H,1-5,8-11,14H2,(H,29,32)(H,35,36)(H,30,31,33). The van der Waals surface area contributed by atoms with E-state index in [0.717, 1.165) is 37.3 Å². The summed E-state index contributed by atoms with van der Waals surface area (Å²) in [5, 5.41) is 15.2. The van der Waals surface area contributed by atoms with Crippen LogP contribution in [-0.2, 0) is 23.8 Å². The first-order valence-corrected chi connectivity index (χ1v) is 11.7. The fraction of sp³-hybridized carbons (Fsp3) is 0.565. The largest absolute Gasteiger partial charge is 0.480 e. The zero-order chi connectivity index (χ0) is 26.1. The summed E-state index contributed by atoms with van der Waals surface area (Å²) in [6, 6.07) is 2.79. The van der Waals surface area contributed by atoms with E-state index in [1.54, 1.807) is 0 Å². The molecule has 0 radical (unpaired) electrons. The van der Waals surface area contributed by atoms with Crippen molar-refractivity contribution in [2.45, 2.75) is 57.2 Å². The van der Waals surface area contributed by atoms with Crippen molar-refractivity contribution in [3.63, 3.8) is 0 Å². The Morgan fingerprint density at radius 1 is 1.17 bits per heavy atom. The molecular formula is C23H29F5N6O2. The Hall–Kier alpha value is -3.09. The average Bonchev–Trinajstić information content (AvgIpc) is 2.83. The van der Waals surface area contributed by atoms with Crippen LogP contribution in [-0.4, -0.2) is 69.6 Å². The summed E-state index contributed by atoms with van der Waals surface area (Å²) in [6.07, 6.45) is -2.07. The molecular weight excluding hydrogens is 487 g/mol. The van der Waals surface area contributed by atoms with Crippen molar-refractivity contribution >= 4 is 17.7 Å². The third kappa shape index (κ3) is 8.54. The highest BCUT2D eigenvalue weighted by molar-refractivity contribution is 5.76. The Bertz CT molecular complexity index is 990. The molecule has 8 nitrogen and oxygen atoms in total. The van der Waals surface area contributed by atoms with Gasteiger partial charge in [-0.25, -0.2) is 28.5 Å². The monoisotopic (exact) mass is 516 g/mol. The maximum Gasteiger partial charge on any atom is 0.419 e. The van der Waals surface area contributed by atoms with Crippen LogP contribution >= 0.6 is 0 Å². The van der Waals surface area contributed by atoms with Crippen LogP contribution in [0.2, 0.25) is 0 Å². The van der Waals surface area contributed by atoms with Crippen molar-refractivity contribution in [2.24, 2.45) is 0 Å². The van der Waals surface area contributed by atoms with Crippen LogP contribution in [0.1, 0.15) is 42.5 Å². The molecule has 0 saturated carbocycles. The van der Waals surface area contributed by atoms with E-state index < -0.39 is 36.7 Å². The van der Waals surface area contributed by atoms with Crippen LogP contribution in [0, 0.1) is 0 Å². The Morgan fingerprint density at radius 3 is 2.58 bits per heavy atom. The van der Waals surface area contributed by atoms with Gasteiger partial charge in [0.25, 0.3) is 6.43 Å². The number of aliphatic carboxylic acids is 1. The first-order valence-electron chi connectivity index (χ1n) is 11.7. The molecule has 3 heterocycles. The smallest absolute Gasteiger partial charge is 0.419 e. The maximum absolute atomic E-state index is 13.1. The van der Waals surface area contributed by atoms with Crippen LogP contribution in [0.4, 0.5) is 33.7 Å². The Labute approximate surface area is 205 Å². The summed E-state index contributed by atoms with van der Waals surface area (Å²) in [6.45, 7) is 0.778. The van der Waals surface area contributed by atoms with Crippen LogP contribution in [0.15, 0.2) is 24.5 Å². The number of nitrogens with zero attached hydrogens (tertiary/aromatic N) is 4. The molecule has 2 aromatic rings. The number of carboxylic acids is 1. The number of alkyl halides is 5. The summed E-state index contributed by atoms with van der Waals surface area (Å²) < 4.78 is 64.1. The number of halogens is 5. The van der Waals surface area contributed by atoms with Crippen molar-refractivity contribution in [1.82, 2.24) is 19.9 Å². The van der Waals surface area contributed by atoms with Crippen molar-refractivity contribution in [1.29, 1.82) is 0 Å². The van der Waals surface area contributed by atoms with E-state index in [0.29, 0.717) is 31.8 Å². The van der Waals surface area contributed by atoms with Crippen LogP contribution in [0.5, 0.6) is 0 Å². The number of rotatable bonds is 13. The van der Waals surface area contributed by atoms with E-state index in [9.17, 15) is 31.9 Å². The van der Waals surface area contributed by atoms with Gasteiger partial charge < -0.3 is 15.7 Å². The zero-order valence-corrected chi connectivity index (χ0v) is 19.6. The fourth-order valence-electron chi connectivity index (χ4n) is 3.91. The van der Waals surface area contributed by atoms with Gasteiger partial charge in [0.15, 0.2) is 0 Å². The number of anilines is 2. The molecule has 1 aliphatic rings. The molecule has 0 aromatic carbocycles. The van der Waals surface area contributed by atoms with Crippen LogP contribution < -0.4 is 10.6 Å². The molecule has 1 aliphatic heterocycles. The number of hydrogen-bond donors (Lipinski definition) is 3. The van der Waals surface area contributed by atoms with E-state index in [2.05, 4.69) is 31.7 Å². The van der Waals surface area contributed by atoms with Gasteiger partial charge in [-0.2, -0.15) is 13.2 Å². The van der Waals surface area contributed by atoms with Gasteiger partial charge in [0.05, 0.1) is 12.1 Å². The number of carbonyl (C=O) groups is 1. The van der Waals surface area contributed by atoms with Gasteiger partial charge in [-0.1, -0.05) is 6.07 Å². The predicted molar refractivity (Wildman–Crippen MR) is 123 cm³/mol. The number of nitrogens with one attached hydrogen (secondary N) is 2. The minimum Gasteiger partial charge on any atom is -0.480 e. The van der Waals surface area contributed by atoms with Crippen molar-refractivity contribution in [3.8, 4) is 0 Å². The maximum atomic E-state index is 13.1. The van der Waals surface area contributed by atoms with Gasteiger partial charge in [0.2, 0.25) is 5.95 Å². The third-order valence-electron chi connectivity index (χ3n) is 5.82. The highest BCUT2D eigenvalue weighted by Gasteiger charge is 2.31. The minimum atomic E-state index is -4.62.